The van der Waals surface area contributed by atoms with Gasteiger partial charge in [0.1, 0.15) is 0 Å². The van der Waals surface area contributed by atoms with Crippen LogP contribution >= 0.6 is 0 Å². The number of hydrogen-bond donors (Lipinski definition) is 2. The summed E-state index contributed by atoms with van der Waals surface area (Å²) in [5.74, 6) is 0.324. The third kappa shape index (κ3) is 5.33. The van der Waals surface area contributed by atoms with Crippen molar-refractivity contribution < 1.29 is 13.2 Å². The first-order valence-electron chi connectivity index (χ1n) is 6.33. The molecule has 17 heavy (non-hydrogen) atoms. The predicted molar refractivity (Wildman–Crippen MR) is 68.5 cm³/mol. The van der Waals surface area contributed by atoms with E-state index in [4.69, 9.17) is 4.74 Å². The Bertz CT molecular complexity index is 300. The predicted octanol–water partition coefficient (Wildman–Crippen LogP) is 0.330. The highest BCUT2D eigenvalue weighted by Crippen LogP contribution is 2.12. The lowest BCUT2D eigenvalue weighted by Crippen LogP contribution is -2.41. The van der Waals surface area contributed by atoms with Gasteiger partial charge in [-0.3, -0.25) is 0 Å². The van der Waals surface area contributed by atoms with Crippen LogP contribution in [-0.4, -0.2) is 46.5 Å². The maximum absolute atomic E-state index is 11.9. The van der Waals surface area contributed by atoms with Gasteiger partial charge in [-0.2, -0.15) is 0 Å². The highest BCUT2D eigenvalue weighted by Gasteiger charge is 2.22. The largest absolute Gasteiger partial charge is 0.381 e. The number of ether oxygens (including phenoxy) is 1. The summed E-state index contributed by atoms with van der Waals surface area (Å²) >= 11 is 0. The van der Waals surface area contributed by atoms with Crippen molar-refractivity contribution in [3.05, 3.63) is 0 Å². The van der Waals surface area contributed by atoms with Gasteiger partial charge in [0, 0.05) is 19.7 Å². The molecule has 1 aliphatic rings. The van der Waals surface area contributed by atoms with Gasteiger partial charge in [-0.25, -0.2) is 13.1 Å². The lowest BCUT2D eigenvalue weighted by molar-refractivity contribution is 0.0567. The van der Waals surface area contributed by atoms with E-state index in [0.29, 0.717) is 25.6 Å². The molecule has 0 aromatic carbocycles. The molecule has 2 unspecified atom stereocenters. The van der Waals surface area contributed by atoms with E-state index in [1.54, 1.807) is 6.92 Å². The van der Waals surface area contributed by atoms with Gasteiger partial charge >= 0.3 is 0 Å². The van der Waals surface area contributed by atoms with E-state index < -0.39 is 15.3 Å². The monoisotopic (exact) mass is 264 g/mol. The average Bonchev–Trinajstić information content (AvgIpc) is 2.35. The molecule has 1 fully saturated rings. The molecule has 2 atom stereocenters. The van der Waals surface area contributed by atoms with Crippen molar-refractivity contribution in [1.29, 1.82) is 0 Å². The summed E-state index contributed by atoms with van der Waals surface area (Å²) in [6, 6.07) is 0. The zero-order valence-corrected chi connectivity index (χ0v) is 11.6. The van der Waals surface area contributed by atoms with Gasteiger partial charge in [0.05, 0.1) is 11.9 Å². The summed E-state index contributed by atoms with van der Waals surface area (Å²) in [7, 11) is -3.20. The molecule has 1 aliphatic heterocycles. The first kappa shape index (κ1) is 14.9. The Hall–Kier alpha value is -0.170. The molecule has 0 spiro atoms. The second-order valence-electron chi connectivity index (χ2n) is 4.59. The van der Waals surface area contributed by atoms with E-state index in [2.05, 4.69) is 10.0 Å². The second-order valence-corrected chi connectivity index (χ2v) is 6.78. The summed E-state index contributed by atoms with van der Waals surface area (Å²) in [6.07, 6.45) is 2.07. The maximum Gasteiger partial charge on any atom is 0.215 e. The highest BCUT2D eigenvalue weighted by atomic mass is 32.2. The van der Waals surface area contributed by atoms with Gasteiger partial charge in [-0.05, 0) is 32.2 Å². The minimum atomic E-state index is -3.20. The number of nitrogens with one attached hydrogen (secondary N) is 2. The quantitative estimate of drug-likeness (QED) is 0.695. The fourth-order valence-corrected chi connectivity index (χ4v) is 2.89. The topological polar surface area (TPSA) is 67.4 Å². The zero-order chi connectivity index (χ0) is 12.7. The lowest BCUT2D eigenvalue weighted by atomic mass is 10.0. The van der Waals surface area contributed by atoms with Crippen LogP contribution in [0.2, 0.25) is 0 Å². The molecule has 2 N–H and O–H groups in total. The van der Waals surface area contributed by atoms with Crippen LogP contribution < -0.4 is 10.0 Å². The Labute approximate surface area is 104 Å². The molecule has 6 heteroatoms. The standard InChI is InChI=1S/C11H24N2O3S/c1-3-12-7-10(2)17(14,15)13-8-11-5-4-6-16-9-11/h10-13H,3-9H2,1-2H3. The third-order valence-electron chi connectivity index (χ3n) is 3.04. The van der Waals surface area contributed by atoms with Gasteiger partial charge in [0.15, 0.2) is 0 Å². The molecule has 1 saturated heterocycles. The van der Waals surface area contributed by atoms with Crippen molar-refractivity contribution in [2.75, 3.05) is 32.8 Å². The van der Waals surface area contributed by atoms with E-state index >= 15 is 0 Å². The van der Waals surface area contributed by atoms with Gasteiger partial charge in [0.25, 0.3) is 0 Å². The molecular weight excluding hydrogens is 240 g/mol. The van der Waals surface area contributed by atoms with Crippen molar-refractivity contribution in [2.24, 2.45) is 5.92 Å². The van der Waals surface area contributed by atoms with Crippen molar-refractivity contribution >= 4 is 10.0 Å². The number of sulfonamides is 1. The Kier molecular flexibility index (Phi) is 6.40. The van der Waals surface area contributed by atoms with Crippen molar-refractivity contribution in [3.8, 4) is 0 Å². The van der Waals surface area contributed by atoms with Gasteiger partial charge in [-0.15, -0.1) is 0 Å². The Morgan fingerprint density at radius 3 is 2.82 bits per heavy atom. The highest BCUT2D eigenvalue weighted by molar-refractivity contribution is 7.90. The summed E-state index contributed by atoms with van der Waals surface area (Å²) in [5.41, 5.74) is 0. The molecule has 0 aromatic heterocycles. The Morgan fingerprint density at radius 2 is 2.24 bits per heavy atom. The van der Waals surface area contributed by atoms with Crippen LogP contribution in [0.15, 0.2) is 0 Å². The molecule has 102 valence electrons. The van der Waals surface area contributed by atoms with Crippen LogP contribution in [0.25, 0.3) is 0 Å². The van der Waals surface area contributed by atoms with E-state index in [-0.39, 0.29) is 0 Å². The van der Waals surface area contributed by atoms with Crippen molar-refractivity contribution in [1.82, 2.24) is 10.0 Å². The zero-order valence-electron chi connectivity index (χ0n) is 10.7. The van der Waals surface area contributed by atoms with Crippen molar-refractivity contribution in [2.45, 2.75) is 31.9 Å². The molecule has 0 aliphatic carbocycles. The molecule has 0 saturated carbocycles. The van der Waals surface area contributed by atoms with Crippen LogP contribution in [0.5, 0.6) is 0 Å². The smallest absolute Gasteiger partial charge is 0.215 e. The first-order chi connectivity index (χ1) is 8.06. The molecule has 1 heterocycles. The average molecular weight is 264 g/mol. The molecule has 5 nitrogen and oxygen atoms in total. The van der Waals surface area contributed by atoms with Crippen LogP contribution in [0.3, 0.4) is 0 Å². The van der Waals surface area contributed by atoms with Crippen LogP contribution in [0.4, 0.5) is 0 Å². The second kappa shape index (κ2) is 7.31. The number of hydrogen-bond acceptors (Lipinski definition) is 4. The van der Waals surface area contributed by atoms with Crippen LogP contribution in [0.1, 0.15) is 26.7 Å². The van der Waals surface area contributed by atoms with Crippen LogP contribution in [0, 0.1) is 5.92 Å². The van der Waals surface area contributed by atoms with Gasteiger partial charge in [0.2, 0.25) is 10.0 Å². The van der Waals surface area contributed by atoms with E-state index in [9.17, 15) is 8.42 Å². The minimum absolute atomic E-state index is 0.324. The molecular formula is C11H24N2O3S. The van der Waals surface area contributed by atoms with E-state index in [0.717, 1.165) is 26.0 Å². The van der Waals surface area contributed by atoms with Crippen molar-refractivity contribution in [3.63, 3.8) is 0 Å². The van der Waals surface area contributed by atoms with E-state index in [1.165, 1.54) is 0 Å². The first-order valence-corrected chi connectivity index (χ1v) is 7.87. The minimum Gasteiger partial charge on any atom is -0.381 e. The summed E-state index contributed by atoms with van der Waals surface area (Å²) in [5, 5.41) is 2.65. The lowest BCUT2D eigenvalue weighted by Gasteiger charge is -2.23. The maximum atomic E-state index is 11.9. The third-order valence-corrected chi connectivity index (χ3v) is 4.83. The fraction of sp³-hybridized carbons (Fsp3) is 1.00. The SMILES string of the molecule is CCNCC(C)S(=O)(=O)NCC1CCCOC1. The van der Waals surface area contributed by atoms with Gasteiger partial charge < -0.3 is 10.1 Å². The normalized spacial score (nSPS) is 23.5. The van der Waals surface area contributed by atoms with Gasteiger partial charge in [-0.1, -0.05) is 6.92 Å². The molecule has 0 bridgehead atoms. The summed E-state index contributed by atoms with van der Waals surface area (Å²) < 4.78 is 31.8. The fourth-order valence-electron chi connectivity index (χ4n) is 1.80. The van der Waals surface area contributed by atoms with Crippen LogP contribution in [-0.2, 0) is 14.8 Å². The molecule has 0 aromatic rings. The summed E-state index contributed by atoms with van der Waals surface area (Å²) in [4.78, 5) is 0. The molecule has 0 amide bonds. The Balaban J connectivity index is 2.32. The molecule has 0 radical (unpaired) electrons. The molecule has 1 rings (SSSR count). The van der Waals surface area contributed by atoms with E-state index in [1.807, 2.05) is 6.92 Å². The Morgan fingerprint density at radius 1 is 1.47 bits per heavy atom. The number of rotatable bonds is 7. The summed E-state index contributed by atoms with van der Waals surface area (Å²) in [6.45, 7) is 6.95.